The topological polar surface area (TPSA) is 75.3 Å². The number of nitrogens with one attached hydrogen (secondary N) is 2. The number of carbonyl (C=O) groups is 1. The number of hydrogen-bond acceptors (Lipinski definition) is 3. The second-order valence-electron chi connectivity index (χ2n) is 4.56. The Kier molecular flexibility index (Phi) is 5.19. The zero-order valence-electron chi connectivity index (χ0n) is 11.8. The Bertz CT molecular complexity index is 852. The zero-order chi connectivity index (χ0) is 18.0. The fraction of sp³-hybridized carbons (Fsp3) is 0.0714. The van der Waals surface area contributed by atoms with Crippen LogP contribution < -0.4 is 10.0 Å². The zero-order valence-corrected chi connectivity index (χ0v) is 14.2. The van der Waals surface area contributed by atoms with E-state index in [0.29, 0.717) is 10.2 Å². The fourth-order valence-electron chi connectivity index (χ4n) is 1.67. The Labute approximate surface area is 144 Å². The number of carbonyl (C=O) groups excluding carboxylic acids is 1. The largest absolute Gasteiger partial charge is 0.471 e. The highest BCUT2D eigenvalue weighted by molar-refractivity contribution is 9.10. The lowest BCUT2D eigenvalue weighted by atomic mass is 10.3. The van der Waals surface area contributed by atoms with Crippen molar-refractivity contribution < 1.29 is 26.4 Å². The van der Waals surface area contributed by atoms with Gasteiger partial charge in [-0.2, -0.15) is 13.2 Å². The third-order valence-electron chi connectivity index (χ3n) is 2.80. The summed E-state index contributed by atoms with van der Waals surface area (Å²) in [4.78, 5) is 10.7. The monoisotopic (exact) mass is 422 g/mol. The van der Waals surface area contributed by atoms with Gasteiger partial charge in [0.1, 0.15) is 0 Å². The summed E-state index contributed by atoms with van der Waals surface area (Å²) >= 11 is 3.20. The van der Waals surface area contributed by atoms with Gasteiger partial charge in [-0.1, -0.05) is 12.1 Å². The normalized spacial score (nSPS) is 11.8. The number of amides is 1. The Morgan fingerprint density at radius 3 is 2.12 bits per heavy atom. The molecule has 0 radical (unpaired) electrons. The van der Waals surface area contributed by atoms with Gasteiger partial charge in [-0.05, 0) is 52.3 Å². The summed E-state index contributed by atoms with van der Waals surface area (Å²) in [6.07, 6.45) is -5.02. The molecule has 5 nitrogen and oxygen atoms in total. The number of sulfonamides is 1. The van der Waals surface area contributed by atoms with E-state index in [2.05, 4.69) is 20.7 Å². The van der Waals surface area contributed by atoms with E-state index in [1.54, 1.807) is 29.6 Å². The molecular formula is C14H10BrF3N2O3S. The van der Waals surface area contributed by atoms with Crippen molar-refractivity contribution in [3.63, 3.8) is 0 Å². The highest BCUT2D eigenvalue weighted by Crippen LogP contribution is 2.25. The maximum absolute atomic E-state index is 12.2. The van der Waals surface area contributed by atoms with Crippen molar-refractivity contribution in [1.82, 2.24) is 0 Å². The van der Waals surface area contributed by atoms with E-state index in [1.807, 2.05) is 0 Å². The van der Waals surface area contributed by atoms with Crippen molar-refractivity contribution in [3.8, 4) is 0 Å². The van der Waals surface area contributed by atoms with Crippen LogP contribution in [0.5, 0.6) is 0 Å². The van der Waals surface area contributed by atoms with Crippen molar-refractivity contribution in [3.05, 3.63) is 53.0 Å². The summed E-state index contributed by atoms with van der Waals surface area (Å²) in [6.45, 7) is 0. The molecule has 2 rings (SSSR count). The molecule has 128 valence electrons. The first kappa shape index (κ1) is 18.3. The van der Waals surface area contributed by atoms with Gasteiger partial charge < -0.3 is 5.32 Å². The van der Waals surface area contributed by atoms with E-state index < -0.39 is 22.1 Å². The summed E-state index contributed by atoms with van der Waals surface area (Å²) in [5.41, 5.74) is 0.143. The summed E-state index contributed by atoms with van der Waals surface area (Å²) in [6, 6.07) is 10.8. The van der Waals surface area contributed by atoms with Gasteiger partial charge in [0.15, 0.2) is 0 Å². The average Bonchev–Trinajstić information content (AvgIpc) is 2.49. The number of para-hydroxylation sites is 1. The highest BCUT2D eigenvalue weighted by atomic mass is 79.9. The second kappa shape index (κ2) is 6.81. The lowest BCUT2D eigenvalue weighted by molar-refractivity contribution is -0.167. The molecule has 0 fully saturated rings. The fourth-order valence-corrected chi connectivity index (χ4v) is 3.26. The van der Waals surface area contributed by atoms with Crippen molar-refractivity contribution >= 4 is 43.2 Å². The number of anilines is 2. The van der Waals surface area contributed by atoms with E-state index >= 15 is 0 Å². The predicted molar refractivity (Wildman–Crippen MR) is 86.1 cm³/mol. The van der Waals surface area contributed by atoms with Gasteiger partial charge in [0, 0.05) is 10.2 Å². The molecule has 10 heteroatoms. The number of rotatable bonds is 4. The molecular weight excluding hydrogens is 413 g/mol. The Morgan fingerprint density at radius 1 is 1.00 bits per heavy atom. The standard InChI is InChI=1S/C14H10BrF3N2O3S/c15-11-3-1-2-4-12(11)20-24(22,23)10-7-5-9(6-8-10)19-13(21)14(16,17)18/h1-8,20H,(H,19,21). The SMILES string of the molecule is O=C(Nc1ccc(S(=O)(=O)Nc2ccccc2Br)cc1)C(F)(F)F. The van der Waals surface area contributed by atoms with Crippen LogP contribution in [0.1, 0.15) is 0 Å². The average molecular weight is 423 g/mol. The maximum Gasteiger partial charge on any atom is 0.471 e. The van der Waals surface area contributed by atoms with Gasteiger partial charge in [-0.15, -0.1) is 0 Å². The quantitative estimate of drug-likeness (QED) is 0.787. The second-order valence-corrected chi connectivity index (χ2v) is 7.10. The molecule has 2 N–H and O–H groups in total. The van der Waals surface area contributed by atoms with Gasteiger partial charge in [0.25, 0.3) is 10.0 Å². The van der Waals surface area contributed by atoms with Crippen LogP contribution in [0.25, 0.3) is 0 Å². The van der Waals surface area contributed by atoms with Crippen LogP contribution in [0.2, 0.25) is 0 Å². The molecule has 0 heterocycles. The molecule has 0 atom stereocenters. The van der Waals surface area contributed by atoms with Crippen LogP contribution in [0.3, 0.4) is 0 Å². The van der Waals surface area contributed by atoms with Crippen molar-refractivity contribution in [2.45, 2.75) is 11.1 Å². The van der Waals surface area contributed by atoms with Crippen molar-refractivity contribution in [1.29, 1.82) is 0 Å². The summed E-state index contributed by atoms with van der Waals surface area (Å²) < 4.78 is 63.9. The number of benzene rings is 2. The number of alkyl halides is 3. The molecule has 0 aliphatic rings. The van der Waals surface area contributed by atoms with E-state index in [1.165, 1.54) is 0 Å². The Morgan fingerprint density at radius 2 is 1.58 bits per heavy atom. The summed E-state index contributed by atoms with van der Waals surface area (Å²) in [5, 5.41) is 1.63. The smallest absolute Gasteiger partial charge is 0.318 e. The van der Waals surface area contributed by atoms with Gasteiger partial charge in [0.2, 0.25) is 0 Å². The first-order chi connectivity index (χ1) is 11.1. The molecule has 2 aromatic rings. The molecule has 0 bridgehead atoms. The van der Waals surface area contributed by atoms with Gasteiger partial charge in [-0.3, -0.25) is 9.52 Å². The Balaban J connectivity index is 2.18. The molecule has 0 unspecified atom stereocenters. The van der Waals surface area contributed by atoms with Crippen molar-refractivity contribution in [2.75, 3.05) is 10.0 Å². The highest BCUT2D eigenvalue weighted by Gasteiger charge is 2.38. The third kappa shape index (κ3) is 4.48. The van der Waals surface area contributed by atoms with E-state index in [9.17, 15) is 26.4 Å². The molecule has 0 aliphatic heterocycles. The Hall–Kier alpha value is -2.07. The first-order valence-electron chi connectivity index (χ1n) is 6.35. The van der Waals surface area contributed by atoms with E-state index in [-0.39, 0.29) is 10.6 Å². The molecule has 24 heavy (non-hydrogen) atoms. The minimum atomic E-state index is -5.02. The predicted octanol–water partition coefficient (Wildman–Crippen LogP) is 3.75. The van der Waals surface area contributed by atoms with Gasteiger partial charge in [0.05, 0.1) is 10.6 Å². The van der Waals surface area contributed by atoms with Crippen LogP contribution in [-0.2, 0) is 14.8 Å². The molecule has 0 spiro atoms. The molecule has 1 amide bonds. The van der Waals surface area contributed by atoms with Crippen LogP contribution in [0.15, 0.2) is 57.9 Å². The molecule has 0 aromatic heterocycles. The first-order valence-corrected chi connectivity index (χ1v) is 8.63. The summed E-state index contributed by atoms with van der Waals surface area (Å²) in [7, 11) is -3.92. The van der Waals surface area contributed by atoms with Crippen LogP contribution in [0.4, 0.5) is 24.5 Å². The van der Waals surface area contributed by atoms with Gasteiger partial charge >= 0.3 is 12.1 Å². The molecule has 0 saturated carbocycles. The van der Waals surface area contributed by atoms with Crippen LogP contribution >= 0.6 is 15.9 Å². The van der Waals surface area contributed by atoms with Gasteiger partial charge in [-0.25, -0.2) is 8.42 Å². The molecule has 0 aliphatic carbocycles. The number of halogens is 4. The number of hydrogen-bond donors (Lipinski definition) is 2. The van der Waals surface area contributed by atoms with Crippen LogP contribution in [0, 0.1) is 0 Å². The third-order valence-corrected chi connectivity index (χ3v) is 4.87. The minimum Gasteiger partial charge on any atom is -0.318 e. The van der Waals surface area contributed by atoms with E-state index in [0.717, 1.165) is 24.3 Å². The molecule has 0 saturated heterocycles. The van der Waals surface area contributed by atoms with Crippen molar-refractivity contribution in [2.24, 2.45) is 0 Å². The maximum atomic E-state index is 12.2. The van der Waals surface area contributed by atoms with E-state index in [4.69, 9.17) is 0 Å². The lowest BCUT2D eigenvalue weighted by Crippen LogP contribution is -2.29. The molecule has 2 aromatic carbocycles. The summed E-state index contributed by atoms with van der Waals surface area (Å²) in [5.74, 6) is -2.13. The lowest BCUT2D eigenvalue weighted by Gasteiger charge is -2.11. The minimum absolute atomic E-state index is 0.164. The van der Waals surface area contributed by atoms with Crippen LogP contribution in [-0.4, -0.2) is 20.5 Å².